The summed E-state index contributed by atoms with van der Waals surface area (Å²) in [4.78, 5) is 0. The number of nitrogens with one attached hydrogen (secondary N) is 1. The number of ether oxygens (including phenoxy) is 1. The fourth-order valence-corrected chi connectivity index (χ4v) is 2.26. The van der Waals surface area contributed by atoms with Gasteiger partial charge in [-0.3, -0.25) is 0 Å². The SMILES string of the molecule is CCCNCc1c(Cl)cccc1OCCCSC. The van der Waals surface area contributed by atoms with E-state index in [1.54, 1.807) is 0 Å². The highest BCUT2D eigenvalue weighted by Gasteiger charge is 2.07. The first-order valence-corrected chi connectivity index (χ1v) is 8.16. The molecule has 0 saturated heterocycles. The molecule has 0 aliphatic heterocycles. The molecule has 1 aromatic rings. The van der Waals surface area contributed by atoms with Crippen LogP contribution < -0.4 is 10.1 Å². The van der Waals surface area contributed by atoms with Crippen LogP contribution in [0.15, 0.2) is 18.2 Å². The van der Waals surface area contributed by atoms with Gasteiger partial charge in [-0.25, -0.2) is 0 Å². The van der Waals surface area contributed by atoms with Crippen LogP contribution in [0.1, 0.15) is 25.3 Å². The molecule has 102 valence electrons. The number of hydrogen-bond donors (Lipinski definition) is 1. The molecule has 1 rings (SSSR count). The zero-order valence-corrected chi connectivity index (χ0v) is 12.7. The van der Waals surface area contributed by atoms with Crippen molar-refractivity contribution >= 4 is 23.4 Å². The van der Waals surface area contributed by atoms with Gasteiger partial charge in [0, 0.05) is 17.1 Å². The first kappa shape index (κ1) is 15.7. The second kappa shape index (κ2) is 9.54. The highest BCUT2D eigenvalue weighted by Crippen LogP contribution is 2.26. The van der Waals surface area contributed by atoms with E-state index < -0.39 is 0 Å². The Labute approximate surface area is 119 Å². The van der Waals surface area contributed by atoms with Gasteiger partial charge in [0.15, 0.2) is 0 Å². The Kier molecular flexibility index (Phi) is 8.31. The van der Waals surface area contributed by atoms with E-state index >= 15 is 0 Å². The Hall–Kier alpha value is -0.380. The van der Waals surface area contributed by atoms with Gasteiger partial charge in [-0.1, -0.05) is 24.6 Å². The molecule has 1 aromatic carbocycles. The highest BCUT2D eigenvalue weighted by atomic mass is 35.5. The standard InChI is InChI=1S/C14H22ClNOS/c1-3-8-16-11-12-13(15)6-4-7-14(12)17-9-5-10-18-2/h4,6-7,16H,3,5,8-11H2,1-2H3. The maximum atomic E-state index is 6.22. The Bertz CT molecular complexity index is 347. The summed E-state index contributed by atoms with van der Waals surface area (Å²) in [5.41, 5.74) is 1.07. The van der Waals surface area contributed by atoms with Crippen molar-refractivity contribution in [3.05, 3.63) is 28.8 Å². The first-order valence-electron chi connectivity index (χ1n) is 6.39. The molecule has 2 nitrogen and oxygen atoms in total. The molecule has 0 aromatic heterocycles. The van der Waals surface area contributed by atoms with E-state index in [2.05, 4.69) is 18.5 Å². The summed E-state index contributed by atoms with van der Waals surface area (Å²) < 4.78 is 5.81. The lowest BCUT2D eigenvalue weighted by molar-refractivity contribution is 0.314. The summed E-state index contributed by atoms with van der Waals surface area (Å²) in [6.45, 7) is 4.67. The van der Waals surface area contributed by atoms with Crippen LogP contribution in [0, 0.1) is 0 Å². The maximum absolute atomic E-state index is 6.22. The molecule has 0 bridgehead atoms. The van der Waals surface area contributed by atoms with E-state index in [1.807, 2.05) is 30.0 Å². The van der Waals surface area contributed by atoms with Gasteiger partial charge < -0.3 is 10.1 Å². The third-order valence-corrected chi connectivity index (χ3v) is 3.61. The fourth-order valence-electron chi connectivity index (χ4n) is 1.62. The van der Waals surface area contributed by atoms with Gasteiger partial charge in [-0.15, -0.1) is 0 Å². The molecule has 0 atom stereocenters. The van der Waals surface area contributed by atoms with E-state index in [-0.39, 0.29) is 0 Å². The summed E-state index contributed by atoms with van der Waals surface area (Å²) in [6.07, 6.45) is 4.29. The monoisotopic (exact) mass is 287 g/mol. The lowest BCUT2D eigenvalue weighted by Crippen LogP contribution is -2.15. The van der Waals surface area contributed by atoms with Crippen LogP contribution in [0.5, 0.6) is 5.75 Å². The topological polar surface area (TPSA) is 21.3 Å². The van der Waals surface area contributed by atoms with E-state index in [0.717, 1.165) is 54.6 Å². The van der Waals surface area contributed by atoms with Crippen molar-refractivity contribution in [3.8, 4) is 5.75 Å². The van der Waals surface area contributed by atoms with Crippen LogP contribution in [0.4, 0.5) is 0 Å². The molecule has 18 heavy (non-hydrogen) atoms. The quantitative estimate of drug-likeness (QED) is 0.695. The molecule has 0 saturated carbocycles. The number of halogens is 1. The Balaban J connectivity index is 2.56. The number of hydrogen-bond acceptors (Lipinski definition) is 3. The Morgan fingerprint density at radius 3 is 2.94 bits per heavy atom. The van der Waals surface area contributed by atoms with Gasteiger partial charge in [0.2, 0.25) is 0 Å². The fraction of sp³-hybridized carbons (Fsp3) is 0.571. The lowest BCUT2D eigenvalue weighted by Gasteiger charge is -2.13. The number of rotatable bonds is 9. The van der Waals surface area contributed by atoms with E-state index in [9.17, 15) is 0 Å². The van der Waals surface area contributed by atoms with Crippen LogP contribution >= 0.6 is 23.4 Å². The predicted molar refractivity (Wildman–Crippen MR) is 81.9 cm³/mol. The van der Waals surface area contributed by atoms with E-state index in [1.165, 1.54) is 0 Å². The molecule has 0 aliphatic carbocycles. The van der Waals surface area contributed by atoms with Crippen molar-refractivity contribution in [1.82, 2.24) is 5.32 Å². The van der Waals surface area contributed by atoms with Crippen LogP contribution in [0.25, 0.3) is 0 Å². The third kappa shape index (κ3) is 5.51. The Morgan fingerprint density at radius 2 is 2.22 bits per heavy atom. The molecule has 0 aliphatic rings. The maximum Gasteiger partial charge on any atom is 0.125 e. The van der Waals surface area contributed by atoms with Crippen LogP contribution in [-0.2, 0) is 6.54 Å². The van der Waals surface area contributed by atoms with E-state index in [0.29, 0.717) is 0 Å². The Morgan fingerprint density at radius 1 is 1.39 bits per heavy atom. The minimum atomic E-state index is 0.752. The van der Waals surface area contributed by atoms with Crippen molar-refractivity contribution in [2.45, 2.75) is 26.3 Å². The van der Waals surface area contributed by atoms with Crippen molar-refractivity contribution in [2.75, 3.05) is 25.2 Å². The van der Waals surface area contributed by atoms with Crippen LogP contribution in [0.3, 0.4) is 0 Å². The third-order valence-electron chi connectivity index (χ3n) is 2.55. The van der Waals surface area contributed by atoms with Gasteiger partial charge in [-0.2, -0.15) is 11.8 Å². The largest absolute Gasteiger partial charge is 0.493 e. The highest BCUT2D eigenvalue weighted by molar-refractivity contribution is 7.98. The number of benzene rings is 1. The minimum Gasteiger partial charge on any atom is -0.493 e. The number of thioether (sulfide) groups is 1. The van der Waals surface area contributed by atoms with Gasteiger partial charge in [-0.05, 0) is 43.5 Å². The predicted octanol–water partition coefficient (Wildman–Crippen LogP) is 3.97. The summed E-state index contributed by atoms with van der Waals surface area (Å²) in [7, 11) is 0. The van der Waals surface area contributed by atoms with Crippen molar-refractivity contribution in [3.63, 3.8) is 0 Å². The zero-order valence-electron chi connectivity index (χ0n) is 11.2. The molecule has 0 radical (unpaired) electrons. The van der Waals surface area contributed by atoms with Crippen LogP contribution in [-0.4, -0.2) is 25.2 Å². The molecule has 0 amide bonds. The molecule has 0 fully saturated rings. The zero-order chi connectivity index (χ0) is 13.2. The van der Waals surface area contributed by atoms with E-state index in [4.69, 9.17) is 16.3 Å². The normalized spacial score (nSPS) is 10.6. The van der Waals surface area contributed by atoms with Crippen molar-refractivity contribution < 1.29 is 4.74 Å². The first-order chi connectivity index (χ1) is 8.79. The molecular weight excluding hydrogens is 266 g/mol. The summed E-state index contributed by atoms with van der Waals surface area (Å²) in [5.74, 6) is 2.04. The molecule has 0 heterocycles. The van der Waals surface area contributed by atoms with Gasteiger partial charge in [0.25, 0.3) is 0 Å². The van der Waals surface area contributed by atoms with Crippen LogP contribution in [0.2, 0.25) is 5.02 Å². The second-order valence-corrected chi connectivity index (χ2v) is 5.48. The summed E-state index contributed by atoms with van der Waals surface area (Å²) in [5, 5.41) is 4.14. The molecule has 0 spiro atoms. The van der Waals surface area contributed by atoms with Gasteiger partial charge >= 0.3 is 0 Å². The van der Waals surface area contributed by atoms with Gasteiger partial charge in [0.05, 0.1) is 6.61 Å². The average Bonchev–Trinajstić information content (AvgIpc) is 2.37. The molecular formula is C14H22ClNOS. The summed E-state index contributed by atoms with van der Waals surface area (Å²) in [6, 6.07) is 5.85. The smallest absolute Gasteiger partial charge is 0.125 e. The molecule has 0 unspecified atom stereocenters. The van der Waals surface area contributed by atoms with Gasteiger partial charge in [0.1, 0.15) is 5.75 Å². The minimum absolute atomic E-state index is 0.752. The molecule has 4 heteroatoms. The summed E-state index contributed by atoms with van der Waals surface area (Å²) >= 11 is 8.07. The van der Waals surface area contributed by atoms with Crippen molar-refractivity contribution in [2.24, 2.45) is 0 Å². The molecule has 1 N–H and O–H groups in total. The lowest BCUT2D eigenvalue weighted by atomic mass is 10.2. The van der Waals surface area contributed by atoms with Crippen molar-refractivity contribution in [1.29, 1.82) is 0 Å². The second-order valence-electron chi connectivity index (χ2n) is 4.09. The average molecular weight is 288 g/mol.